The fourth-order valence-electron chi connectivity index (χ4n) is 7.14. The Bertz CT molecular complexity index is 1860. The minimum atomic E-state index is -1.54. The molecule has 1 rings (SSSR count). The van der Waals surface area contributed by atoms with Gasteiger partial charge in [-0.15, -0.1) is 0 Å². The number of hydrogen-bond donors (Lipinski definition) is 11. The maximum atomic E-state index is 14.1. The number of benzene rings is 1. The van der Waals surface area contributed by atoms with Crippen LogP contribution in [0.25, 0.3) is 0 Å². The number of carboxylic acids is 1. The molecule has 0 aromatic heterocycles. The zero-order valence-electron chi connectivity index (χ0n) is 42.9. The molecule has 390 valence electrons. The Morgan fingerprint density at radius 3 is 1.33 bits per heavy atom. The summed E-state index contributed by atoms with van der Waals surface area (Å²) in [6.45, 7) is 21.9. The third-order valence-corrected chi connectivity index (χ3v) is 11.5. The topological polar surface area (TPSA) is 316 Å². The van der Waals surface area contributed by atoms with E-state index in [4.69, 9.17) is 5.73 Å². The molecule has 0 radical (unpaired) electrons. The highest BCUT2D eigenvalue weighted by Crippen LogP contribution is 2.14. The first-order chi connectivity index (χ1) is 32.1. The predicted molar refractivity (Wildman–Crippen MR) is 261 cm³/mol. The summed E-state index contributed by atoms with van der Waals surface area (Å²) in [6.07, 6.45) is 0.965. The van der Waals surface area contributed by atoms with Gasteiger partial charge in [-0.1, -0.05) is 120 Å². The summed E-state index contributed by atoms with van der Waals surface area (Å²) >= 11 is 0. The van der Waals surface area contributed by atoms with Crippen molar-refractivity contribution in [3.05, 3.63) is 35.9 Å². The predicted octanol–water partition coefficient (Wildman–Crippen LogP) is 1.03. The van der Waals surface area contributed by atoms with Crippen LogP contribution in [0.5, 0.6) is 0 Å². The Morgan fingerprint density at radius 1 is 0.478 bits per heavy atom. The lowest BCUT2D eigenvalue weighted by molar-refractivity contribution is -0.143. The van der Waals surface area contributed by atoms with Gasteiger partial charge in [-0.2, -0.15) is 0 Å². The van der Waals surface area contributed by atoms with Crippen molar-refractivity contribution in [1.82, 2.24) is 42.5 Å². The SMILES string of the molecule is CC[C@H](C)[C@H](NC(=O)[C@H](C)NC(=O)[C@H](Cc1ccccc1)NC(=O)[C@H](CC(C)C)NC(=O)[C@H](CC(C)C)NC(=O)[C@@H](N)C(C)C)C(=O)N[C@H](C(=O)N[C@@H](CO)C(=O)N[C@@H](CC(C)C)C(=O)O)C(C)C. The molecule has 0 saturated carbocycles. The molecule has 1 aromatic carbocycles. The molecule has 0 bridgehead atoms. The molecule has 0 unspecified atom stereocenters. The highest BCUT2D eigenvalue weighted by molar-refractivity contribution is 5.98. The van der Waals surface area contributed by atoms with Crippen molar-refractivity contribution < 1.29 is 53.4 Å². The molecule has 20 nitrogen and oxygen atoms in total. The molecule has 10 atom stereocenters. The number of rotatable bonds is 30. The number of amides is 8. The average Bonchev–Trinajstić information content (AvgIpc) is 3.26. The van der Waals surface area contributed by atoms with Crippen LogP contribution in [0.1, 0.15) is 121 Å². The fraction of sp³-hybridized carbons (Fsp3) is 0.694. The van der Waals surface area contributed by atoms with Gasteiger partial charge in [0, 0.05) is 6.42 Å². The van der Waals surface area contributed by atoms with Crippen LogP contribution in [0.4, 0.5) is 0 Å². The summed E-state index contributed by atoms with van der Waals surface area (Å²) in [7, 11) is 0. The van der Waals surface area contributed by atoms with Gasteiger partial charge in [-0.25, -0.2) is 4.79 Å². The third-order valence-electron chi connectivity index (χ3n) is 11.5. The van der Waals surface area contributed by atoms with Crippen molar-refractivity contribution in [2.24, 2.45) is 41.2 Å². The van der Waals surface area contributed by atoms with Gasteiger partial charge in [0.2, 0.25) is 47.3 Å². The van der Waals surface area contributed by atoms with Crippen LogP contribution in [0.15, 0.2) is 30.3 Å². The number of carboxylic acid groups (broad SMARTS) is 1. The number of aliphatic hydroxyl groups excluding tert-OH is 1. The lowest BCUT2D eigenvalue weighted by Gasteiger charge is -2.30. The molecule has 0 heterocycles. The highest BCUT2D eigenvalue weighted by atomic mass is 16.4. The van der Waals surface area contributed by atoms with E-state index in [-0.39, 0.29) is 49.4 Å². The van der Waals surface area contributed by atoms with Crippen LogP contribution < -0.4 is 48.3 Å². The smallest absolute Gasteiger partial charge is 0.326 e. The molecule has 20 heteroatoms. The number of carbonyl (C=O) groups excluding carboxylic acids is 8. The molecule has 0 fully saturated rings. The van der Waals surface area contributed by atoms with Crippen LogP contribution in [-0.4, -0.2) is 124 Å². The molecule has 69 heavy (non-hydrogen) atoms. The van der Waals surface area contributed by atoms with Gasteiger partial charge in [-0.3, -0.25) is 38.4 Å². The van der Waals surface area contributed by atoms with Crippen LogP contribution in [-0.2, 0) is 49.6 Å². The van der Waals surface area contributed by atoms with Crippen molar-refractivity contribution in [3.63, 3.8) is 0 Å². The van der Waals surface area contributed by atoms with E-state index in [0.29, 0.717) is 12.0 Å². The van der Waals surface area contributed by atoms with Gasteiger partial charge in [0.05, 0.1) is 12.6 Å². The molecule has 0 spiro atoms. The first-order valence-electron chi connectivity index (χ1n) is 24.2. The molecule has 0 aliphatic carbocycles. The second kappa shape index (κ2) is 30.1. The Kier molecular flexibility index (Phi) is 26.8. The number of nitrogens with two attached hydrogens (primary N) is 1. The maximum absolute atomic E-state index is 14.1. The van der Waals surface area contributed by atoms with E-state index in [1.54, 1.807) is 85.7 Å². The first-order valence-corrected chi connectivity index (χ1v) is 24.2. The Hall–Kier alpha value is -5.63. The van der Waals surface area contributed by atoms with Crippen molar-refractivity contribution >= 4 is 53.2 Å². The minimum absolute atomic E-state index is 0.00164. The van der Waals surface area contributed by atoms with Gasteiger partial charge >= 0.3 is 5.97 Å². The van der Waals surface area contributed by atoms with Crippen LogP contribution >= 0.6 is 0 Å². The van der Waals surface area contributed by atoms with E-state index in [2.05, 4.69) is 42.5 Å². The van der Waals surface area contributed by atoms with Crippen LogP contribution in [0.3, 0.4) is 0 Å². The van der Waals surface area contributed by atoms with E-state index >= 15 is 0 Å². The molecule has 0 saturated heterocycles. The average molecular weight is 974 g/mol. The summed E-state index contributed by atoms with van der Waals surface area (Å²) in [5, 5.41) is 40.6. The summed E-state index contributed by atoms with van der Waals surface area (Å²) in [5.74, 6) is -8.47. The van der Waals surface area contributed by atoms with Crippen molar-refractivity contribution in [1.29, 1.82) is 0 Å². The Labute approximate surface area is 408 Å². The minimum Gasteiger partial charge on any atom is -0.480 e. The van der Waals surface area contributed by atoms with E-state index < -0.39 is 126 Å². The second-order valence-electron chi connectivity index (χ2n) is 20.0. The van der Waals surface area contributed by atoms with E-state index in [1.165, 1.54) is 6.92 Å². The van der Waals surface area contributed by atoms with Gasteiger partial charge in [0.1, 0.15) is 48.3 Å². The van der Waals surface area contributed by atoms with Gasteiger partial charge in [0.15, 0.2) is 0 Å². The second-order valence-corrected chi connectivity index (χ2v) is 20.0. The van der Waals surface area contributed by atoms with E-state index in [9.17, 15) is 53.4 Å². The molecular formula is C49H83N9O11. The van der Waals surface area contributed by atoms with E-state index in [1.807, 2.05) is 27.7 Å². The highest BCUT2D eigenvalue weighted by Gasteiger charge is 2.36. The molecule has 12 N–H and O–H groups in total. The summed E-state index contributed by atoms with van der Waals surface area (Å²) in [5.41, 5.74) is 6.75. The summed E-state index contributed by atoms with van der Waals surface area (Å²) in [4.78, 5) is 121. The van der Waals surface area contributed by atoms with E-state index in [0.717, 1.165) is 0 Å². The van der Waals surface area contributed by atoms with Gasteiger partial charge < -0.3 is 58.5 Å². The van der Waals surface area contributed by atoms with Crippen LogP contribution in [0, 0.1) is 35.5 Å². The Morgan fingerprint density at radius 2 is 0.884 bits per heavy atom. The molecule has 1 aromatic rings. The normalized spacial score (nSPS) is 15.9. The van der Waals surface area contributed by atoms with Crippen molar-refractivity contribution in [2.45, 2.75) is 176 Å². The van der Waals surface area contributed by atoms with Gasteiger partial charge in [0.25, 0.3) is 0 Å². The molecule has 8 amide bonds. The first kappa shape index (κ1) is 61.4. The number of carbonyl (C=O) groups is 9. The lowest BCUT2D eigenvalue weighted by atomic mass is 9.96. The summed E-state index contributed by atoms with van der Waals surface area (Å²) in [6, 6.07) is -1.91. The van der Waals surface area contributed by atoms with Crippen molar-refractivity contribution in [3.8, 4) is 0 Å². The number of aliphatic carboxylic acids is 1. The monoisotopic (exact) mass is 974 g/mol. The molecular weight excluding hydrogens is 891 g/mol. The standard InChI is InChI=1S/C49H83N9O11/c1-14-30(12)40(48(67)57-39(29(10)11)47(66)56-37(24-59)45(64)55-36(49(68)69)22-27(6)7)58-41(60)31(13)51-42(61)35(23-32-18-16-15-17-19-32)53-43(62)33(20-25(2)3)52-44(63)34(21-26(4)5)54-46(65)38(50)28(8)9/h15-19,25-31,33-40,59H,14,20-24,50H2,1-13H3,(H,51,61)(H,52,63)(H,53,62)(H,54,65)(H,55,64)(H,56,66)(H,57,67)(H,58,60)(H,68,69)/t30-,31-,33-,34-,35-,36-,37-,38-,39-,40-/m0/s1. The number of aliphatic hydroxyl groups is 1. The third kappa shape index (κ3) is 21.7. The summed E-state index contributed by atoms with van der Waals surface area (Å²) < 4.78 is 0. The maximum Gasteiger partial charge on any atom is 0.326 e. The Balaban J connectivity index is 3.34. The quantitative estimate of drug-likeness (QED) is 0.0515. The largest absolute Gasteiger partial charge is 0.480 e. The zero-order chi connectivity index (χ0) is 52.9. The van der Waals surface area contributed by atoms with Gasteiger partial charge in [-0.05, 0) is 67.3 Å². The van der Waals surface area contributed by atoms with Crippen LogP contribution in [0.2, 0.25) is 0 Å². The zero-order valence-corrected chi connectivity index (χ0v) is 42.9. The molecule has 0 aliphatic heterocycles. The lowest BCUT2D eigenvalue weighted by Crippen LogP contribution is -2.62. The number of hydrogen-bond acceptors (Lipinski definition) is 11. The fourth-order valence-corrected chi connectivity index (χ4v) is 7.14. The van der Waals surface area contributed by atoms with Crippen molar-refractivity contribution in [2.75, 3.05) is 6.61 Å². The number of nitrogens with one attached hydrogen (secondary N) is 8. The molecule has 0 aliphatic rings.